The molecule has 2 amide bonds. The van der Waals surface area contributed by atoms with E-state index in [4.69, 9.17) is 0 Å². The van der Waals surface area contributed by atoms with Crippen LogP contribution in [0, 0.1) is 10.7 Å². The normalized spacial score (nSPS) is 13.3. The van der Waals surface area contributed by atoms with Crippen LogP contribution in [0.2, 0.25) is 0 Å². The third-order valence-electron chi connectivity index (χ3n) is 4.68. The van der Waals surface area contributed by atoms with E-state index in [-0.39, 0.29) is 17.6 Å². The van der Waals surface area contributed by atoms with Gasteiger partial charge >= 0.3 is 5.69 Å². The molecule has 0 saturated carbocycles. The van der Waals surface area contributed by atoms with Crippen LogP contribution in [0.5, 0.6) is 0 Å². The summed E-state index contributed by atoms with van der Waals surface area (Å²) in [6, 6.07) is 11.6. The summed E-state index contributed by atoms with van der Waals surface area (Å²) in [4.78, 5) is 37.9. The lowest BCUT2D eigenvalue weighted by Gasteiger charge is -2.20. The number of nitrogens with one attached hydrogen (secondary N) is 2. The smallest absolute Gasteiger partial charge is 0.316 e. The Labute approximate surface area is 190 Å². The van der Waals surface area contributed by atoms with Gasteiger partial charge in [0.15, 0.2) is 7.11 Å². The van der Waals surface area contributed by atoms with E-state index in [2.05, 4.69) is 15.5 Å². The number of carbonyl (C=O) groups is 2. The summed E-state index contributed by atoms with van der Waals surface area (Å²) in [5.74, 6) is -0.758. The molecule has 0 aliphatic heterocycles. The number of carbonyl (C=O) groups excluding carboxylic acids is 2. The fourth-order valence-corrected chi connectivity index (χ4v) is 3.13. The number of rotatable bonds is 8. The van der Waals surface area contributed by atoms with Crippen molar-refractivity contribution in [3.05, 3.63) is 93.9 Å². The Morgan fingerprint density at radius 3 is 2.52 bits per heavy atom. The molecule has 9 heteroatoms. The topological polar surface area (TPSA) is 87.5 Å². The molecule has 0 spiro atoms. The van der Waals surface area contributed by atoms with Crippen molar-refractivity contribution in [1.82, 2.24) is 10.6 Å². The zero-order chi connectivity index (χ0) is 24.2. The third-order valence-corrected chi connectivity index (χ3v) is 4.68. The van der Waals surface area contributed by atoms with Crippen molar-refractivity contribution in [2.45, 2.75) is 25.8 Å². The monoisotopic (exact) mass is 458 g/mol. The van der Waals surface area contributed by atoms with E-state index in [9.17, 15) is 23.3 Å². The molecule has 33 heavy (non-hydrogen) atoms. The number of halogens is 2. The molecule has 2 aromatic rings. The Bertz CT molecular complexity index is 1040. The molecule has 2 N–H and O–H groups in total. The molecule has 0 saturated heterocycles. The Morgan fingerprint density at radius 1 is 1.21 bits per heavy atom. The van der Waals surface area contributed by atoms with Crippen LogP contribution in [0.3, 0.4) is 0 Å². The van der Waals surface area contributed by atoms with Gasteiger partial charge in [0.25, 0.3) is 10.8 Å². The number of hydrogen-bond donors (Lipinski definition) is 2. The van der Waals surface area contributed by atoms with Crippen LogP contribution in [0.4, 0.5) is 14.5 Å². The van der Waals surface area contributed by atoms with Crippen LogP contribution >= 0.6 is 0 Å². The molecule has 1 aliphatic carbocycles. The van der Waals surface area contributed by atoms with Gasteiger partial charge in [-0.3, -0.25) is 9.59 Å². The van der Waals surface area contributed by atoms with Gasteiger partial charge in [-0.05, 0) is 54.8 Å². The Balaban J connectivity index is 0.000000238. The average molecular weight is 458 g/mol. The van der Waals surface area contributed by atoms with E-state index in [0.717, 1.165) is 0 Å². The van der Waals surface area contributed by atoms with Gasteiger partial charge in [0.2, 0.25) is 6.41 Å². The predicted molar refractivity (Wildman–Crippen MR) is 120 cm³/mol. The highest BCUT2D eigenvalue weighted by atomic mass is 19.1. The maximum atomic E-state index is 13.3. The lowest BCUT2D eigenvalue weighted by Crippen LogP contribution is -2.22. The molecule has 0 heterocycles. The SMILES string of the molecule is CCNC(=O)c1ccc([N+](=O)OC)cc1.O=CNC(C1=CCCC(F)=C1)c1cccc(F)c1. The highest BCUT2D eigenvalue weighted by molar-refractivity contribution is 5.94. The fraction of sp³-hybridized carbons (Fsp3) is 0.250. The van der Waals surface area contributed by atoms with Crippen molar-refractivity contribution < 1.29 is 28.1 Å². The molecule has 0 fully saturated rings. The minimum absolute atomic E-state index is 0.154. The number of benzene rings is 2. The van der Waals surface area contributed by atoms with E-state index >= 15 is 0 Å². The lowest BCUT2D eigenvalue weighted by atomic mass is 9.94. The molecule has 2 aromatic carbocycles. The predicted octanol–water partition coefficient (Wildman–Crippen LogP) is 4.59. The van der Waals surface area contributed by atoms with Gasteiger partial charge in [-0.2, -0.15) is 0 Å². The number of nitrogens with zero attached hydrogens (tertiary/aromatic N) is 1. The van der Waals surface area contributed by atoms with Crippen molar-refractivity contribution in [1.29, 1.82) is 0 Å². The van der Waals surface area contributed by atoms with E-state index in [1.807, 2.05) is 13.0 Å². The number of allylic oxidation sites excluding steroid dienone is 2. The standard InChI is InChI=1S/C14H13F2NO.C10H12N2O3/c15-12-5-1-3-10(7-12)14(17-9-18)11-4-2-6-13(16)8-11;1-3-11-10(13)8-4-6-9(7-5-8)12(14)15-2/h1,3-5,7-9,14H,2,6H2,(H,17,18);4-7H,3H2,1-2H3/p+1. The van der Waals surface area contributed by atoms with Crippen molar-refractivity contribution in [3.63, 3.8) is 0 Å². The molecule has 0 bridgehead atoms. The molecule has 7 nitrogen and oxygen atoms in total. The Kier molecular flexibility index (Phi) is 9.88. The maximum Gasteiger partial charge on any atom is 0.316 e. The summed E-state index contributed by atoms with van der Waals surface area (Å²) in [5, 5.41) is 5.25. The molecule has 0 radical (unpaired) electrons. The van der Waals surface area contributed by atoms with Crippen LogP contribution in [0.15, 0.2) is 72.1 Å². The third kappa shape index (κ3) is 7.64. The van der Waals surface area contributed by atoms with Gasteiger partial charge in [0, 0.05) is 30.7 Å². The Morgan fingerprint density at radius 2 is 1.94 bits per heavy atom. The second-order valence-electron chi connectivity index (χ2n) is 6.95. The van der Waals surface area contributed by atoms with Crippen LogP contribution in [0.1, 0.15) is 41.7 Å². The molecule has 1 atom stereocenters. The van der Waals surface area contributed by atoms with Crippen molar-refractivity contribution in [2.75, 3.05) is 13.7 Å². The first kappa shape index (κ1) is 25.4. The number of hydrogen-bond acceptors (Lipinski definition) is 4. The fourth-order valence-electron chi connectivity index (χ4n) is 3.13. The van der Waals surface area contributed by atoms with Crippen LogP contribution in [-0.4, -0.2) is 30.9 Å². The summed E-state index contributed by atoms with van der Waals surface area (Å²) in [5.41, 5.74) is 2.12. The first-order valence-corrected chi connectivity index (χ1v) is 10.3. The van der Waals surface area contributed by atoms with E-state index in [0.29, 0.717) is 53.1 Å². The summed E-state index contributed by atoms with van der Waals surface area (Å²) in [7, 11) is 1.28. The molecule has 174 valence electrons. The van der Waals surface area contributed by atoms with Crippen LogP contribution < -0.4 is 10.6 Å². The molecule has 3 rings (SSSR count). The summed E-state index contributed by atoms with van der Waals surface area (Å²) < 4.78 is 26.4. The van der Waals surface area contributed by atoms with Crippen molar-refractivity contribution in [2.24, 2.45) is 0 Å². The van der Waals surface area contributed by atoms with Crippen molar-refractivity contribution in [3.8, 4) is 0 Å². The van der Waals surface area contributed by atoms with Gasteiger partial charge in [0.05, 0.1) is 10.9 Å². The van der Waals surface area contributed by atoms with Crippen LogP contribution in [0.25, 0.3) is 0 Å². The second-order valence-corrected chi connectivity index (χ2v) is 6.95. The van der Waals surface area contributed by atoms with Crippen molar-refractivity contribution >= 4 is 18.0 Å². The van der Waals surface area contributed by atoms with Gasteiger partial charge in [-0.25, -0.2) is 13.6 Å². The maximum absolute atomic E-state index is 13.3. The highest BCUT2D eigenvalue weighted by Gasteiger charge is 2.18. The van der Waals surface area contributed by atoms with E-state index in [1.165, 1.54) is 37.5 Å². The zero-order valence-corrected chi connectivity index (χ0v) is 18.4. The first-order valence-electron chi connectivity index (χ1n) is 10.3. The van der Waals surface area contributed by atoms with Gasteiger partial charge < -0.3 is 10.6 Å². The molecule has 1 unspecified atom stereocenters. The van der Waals surface area contributed by atoms with Gasteiger partial charge in [-0.1, -0.05) is 18.2 Å². The summed E-state index contributed by atoms with van der Waals surface area (Å²) in [6.45, 7) is 2.42. The molecule has 0 aromatic heterocycles. The van der Waals surface area contributed by atoms with E-state index < -0.39 is 6.04 Å². The summed E-state index contributed by atoms with van der Waals surface area (Å²) in [6.07, 6.45) is 4.76. The molecular formula is C24H26F2N3O4+. The Hall–Kier alpha value is -3.88. The minimum atomic E-state index is -0.510. The lowest BCUT2D eigenvalue weighted by molar-refractivity contribution is -0.736. The highest BCUT2D eigenvalue weighted by Crippen LogP contribution is 2.29. The van der Waals surface area contributed by atoms with Crippen LogP contribution in [-0.2, 0) is 9.63 Å². The van der Waals surface area contributed by atoms with Gasteiger partial charge in [-0.15, -0.1) is 0 Å². The van der Waals surface area contributed by atoms with E-state index in [1.54, 1.807) is 24.3 Å². The molecule has 1 aliphatic rings. The quantitative estimate of drug-likeness (QED) is 0.447. The largest absolute Gasteiger partial charge is 0.352 e. The van der Waals surface area contributed by atoms with Gasteiger partial charge in [0.1, 0.15) is 11.6 Å². The zero-order valence-electron chi connectivity index (χ0n) is 18.4. The number of amides is 2. The second kappa shape index (κ2) is 12.8. The molecular weight excluding hydrogens is 432 g/mol. The summed E-state index contributed by atoms with van der Waals surface area (Å²) >= 11 is 0. The first-order chi connectivity index (χ1) is 15.9. The average Bonchev–Trinajstić information content (AvgIpc) is 2.82. The minimum Gasteiger partial charge on any atom is -0.352 e.